The van der Waals surface area contributed by atoms with Crippen LogP contribution in [-0.2, 0) is 4.79 Å². The molecule has 1 saturated carbocycles. The molecule has 0 radical (unpaired) electrons. The first-order valence-electron chi connectivity index (χ1n) is 6.98. The topological polar surface area (TPSA) is 49.6 Å². The van der Waals surface area contributed by atoms with Crippen LogP contribution in [0.5, 0.6) is 0 Å². The maximum atomic E-state index is 12.2. The van der Waals surface area contributed by atoms with Crippen molar-refractivity contribution in [1.29, 1.82) is 0 Å². The number of carbonyl (C=O) groups is 1. The van der Waals surface area contributed by atoms with Crippen LogP contribution in [0.1, 0.15) is 26.2 Å². The number of anilines is 2. The Labute approximate surface area is 115 Å². The molecule has 0 aliphatic heterocycles. The number of hydrogen-bond donors (Lipinski definition) is 1. The quantitative estimate of drug-likeness (QED) is 0.798. The molecule has 4 nitrogen and oxygen atoms in total. The van der Waals surface area contributed by atoms with Gasteiger partial charge in [0.25, 0.3) is 0 Å². The predicted molar refractivity (Wildman–Crippen MR) is 79.2 cm³/mol. The van der Waals surface area contributed by atoms with Crippen LogP contribution in [0.4, 0.5) is 11.4 Å². The molecule has 1 aromatic rings. The molecule has 1 aromatic carbocycles. The van der Waals surface area contributed by atoms with Gasteiger partial charge in [-0.1, -0.05) is 6.92 Å². The largest absolute Gasteiger partial charge is 0.399 e. The molecule has 19 heavy (non-hydrogen) atoms. The molecule has 0 saturated heterocycles. The van der Waals surface area contributed by atoms with Crippen molar-refractivity contribution < 1.29 is 4.79 Å². The summed E-state index contributed by atoms with van der Waals surface area (Å²) in [4.78, 5) is 16.2. The van der Waals surface area contributed by atoms with Crippen molar-refractivity contribution in [3.8, 4) is 0 Å². The first kappa shape index (κ1) is 13.7. The van der Waals surface area contributed by atoms with E-state index in [1.807, 2.05) is 36.2 Å². The van der Waals surface area contributed by atoms with Gasteiger partial charge in [0.05, 0.1) is 6.54 Å². The molecule has 0 spiro atoms. The number of carbonyl (C=O) groups excluding carboxylic acids is 1. The predicted octanol–water partition coefficient (Wildman–Crippen LogP) is 2.11. The van der Waals surface area contributed by atoms with Gasteiger partial charge in [-0.15, -0.1) is 0 Å². The van der Waals surface area contributed by atoms with E-state index in [0.717, 1.165) is 37.2 Å². The molecule has 0 bridgehead atoms. The molecule has 0 unspecified atom stereocenters. The van der Waals surface area contributed by atoms with Gasteiger partial charge >= 0.3 is 0 Å². The Morgan fingerprint density at radius 1 is 1.32 bits per heavy atom. The van der Waals surface area contributed by atoms with Crippen molar-refractivity contribution >= 4 is 17.3 Å². The second-order valence-corrected chi connectivity index (χ2v) is 5.25. The number of nitrogen functional groups attached to an aromatic ring is 1. The highest BCUT2D eigenvalue weighted by atomic mass is 16.2. The molecule has 2 rings (SSSR count). The van der Waals surface area contributed by atoms with Gasteiger partial charge in [0.1, 0.15) is 0 Å². The van der Waals surface area contributed by atoms with Crippen LogP contribution < -0.4 is 10.6 Å². The fourth-order valence-electron chi connectivity index (χ4n) is 2.19. The molecule has 1 aliphatic rings. The summed E-state index contributed by atoms with van der Waals surface area (Å²) in [5, 5.41) is 0. The SMILES string of the molecule is CCCN(CC(=O)N(C)C1CC1)c1ccc(N)cc1. The summed E-state index contributed by atoms with van der Waals surface area (Å²) < 4.78 is 0. The summed E-state index contributed by atoms with van der Waals surface area (Å²) in [5.74, 6) is 0.202. The molecule has 0 atom stereocenters. The van der Waals surface area contributed by atoms with Crippen molar-refractivity contribution in [2.24, 2.45) is 0 Å². The summed E-state index contributed by atoms with van der Waals surface area (Å²) in [6.07, 6.45) is 3.32. The molecule has 1 aliphatic carbocycles. The van der Waals surface area contributed by atoms with Crippen LogP contribution in [0.2, 0.25) is 0 Å². The number of nitrogens with zero attached hydrogens (tertiary/aromatic N) is 2. The van der Waals surface area contributed by atoms with Crippen LogP contribution in [0, 0.1) is 0 Å². The van der Waals surface area contributed by atoms with Crippen LogP contribution in [0.3, 0.4) is 0 Å². The molecule has 1 amide bonds. The van der Waals surface area contributed by atoms with Gasteiger partial charge in [0, 0.05) is 31.0 Å². The second kappa shape index (κ2) is 5.95. The van der Waals surface area contributed by atoms with Gasteiger partial charge in [-0.2, -0.15) is 0 Å². The highest BCUT2D eigenvalue weighted by Crippen LogP contribution is 2.26. The zero-order valence-corrected chi connectivity index (χ0v) is 11.8. The van der Waals surface area contributed by atoms with Crippen molar-refractivity contribution in [1.82, 2.24) is 4.90 Å². The Morgan fingerprint density at radius 2 is 1.95 bits per heavy atom. The van der Waals surface area contributed by atoms with Crippen LogP contribution >= 0.6 is 0 Å². The first-order chi connectivity index (χ1) is 9.11. The summed E-state index contributed by atoms with van der Waals surface area (Å²) >= 11 is 0. The highest BCUT2D eigenvalue weighted by Gasteiger charge is 2.30. The lowest BCUT2D eigenvalue weighted by Crippen LogP contribution is -2.39. The monoisotopic (exact) mass is 261 g/mol. The van der Waals surface area contributed by atoms with Crippen molar-refractivity contribution in [2.45, 2.75) is 32.2 Å². The highest BCUT2D eigenvalue weighted by molar-refractivity contribution is 5.82. The Balaban J connectivity index is 2.02. The van der Waals surface area contributed by atoms with Crippen LogP contribution in [-0.4, -0.2) is 37.0 Å². The van der Waals surface area contributed by atoms with E-state index in [2.05, 4.69) is 11.8 Å². The van der Waals surface area contributed by atoms with Gasteiger partial charge in [0.2, 0.25) is 5.91 Å². The number of nitrogens with two attached hydrogens (primary N) is 1. The molecular weight excluding hydrogens is 238 g/mol. The third-order valence-electron chi connectivity index (χ3n) is 3.57. The molecule has 1 fully saturated rings. The van der Waals surface area contributed by atoms with Gasteiger partial charge in [-0.05, 0) is 43.5 Å². The normalized spacial score (nSPS) is 14.2. The van der Waals surface area contributed by atoms with E-state index < -0.39 is 0 Å². The number of rotatable bonds is 6. The summed E-state index contributed by atoms with van der Waals surface area (Å²) in [6, 6.07) is 8.20. The lowest BCUT2D eigenvalue weighted by molar-refractivity contribution is -0.128. The van der Waals surface area contributed by atoms with E-state index >= 15 is 0 Å². The zero-order valence-electron chi connectivity index (χ0n) is 11.8. The molecule has 4 heteroatoms. The molecule has 2 N–H and O–H groups in total. The van der Waals surface area contributed by atoms with E-state index in [4.69, 9.17) is 5.73 Å². The zero-order chi connectivity index (χ0) is 13.8. The number of likely N-dealkylation sites (N-methyl/N-ethyl adjacent to an activating group) is 1. The summed E-state index contributed by atoms with van der Waals surface area (Å²) in [5.41, 5.74) is 7.52. The van der Waals surface area contributed by atoms with Gasteiger partial charge < -0.3 is 15.5 Å². The molecule has 0 heterocycles. The average molecular weight is 261 g/mol. The minimum Gasteiger partial charge on any atom is -0.399 e. The standard InChI is InChI=1S/C15H23N3O/c1-3-10-18(14-6-4-12(16)5-7-14)11-15(19)17(2)13-8-9-13/h4-7,13H,3,8-11,16H2,1-2H3. The Kier molecular flexibility index (Phi) is 4.30. The number of amides is 1. The summed E-state index contributed by atoms with van der Waals surface area (Å²) in [6.45, 7) is 3.46. The third-order valence-corrected chi connectivity index (χ3v) is 3.57. The molecule has 104 valence electrons. The molecule has 0 aromatic heterocycles. The van der Waals surface area contributed by atoms with Crippen LogP contribution in [0.25, 0.3) is 0 Å². The fourth-order valence-corrected chi connectivity index (χ4v) is 2.19. The minimum atomic E-state index is 0.202. The molecular formula is C15H23N3O. The van der Waals surface area contributed by atoms with Gasteiger partial charge in [0.15, 0.2) is 0 Å². The maximum Gasteiger partial charge on any atom is 0.242 e. The first-order valence-corrected chi connectivity index (χ1v) is 6.98. The number of benzene rings is 1. The third kappa shape index (κ3) is 3.63. The Hall–Kier alpha value is -1.71. The van der Waals surface area contributed by atoms with Crippen molar-refractivity contribution in [3.05, 3.63) is 24.3 Å². The van der Waals surface area contributed by atoms with E-state index in [0.29, 0.717) is 12.6 Å². The lowest BCUT2D eigenvalue weighted by atomic mass is 10.2. The number of hydrogen-bond acceptors (Lipinski definition) is 3. The maximum absolute atomic E-state index is 12.2. The second-order valence-electron chi connectivity index (χ2n) is 5.25. The fraction of sp³-hybridized carbons (Fsp3) is 0.533. The van der Waals surface area contributed by atoms with E-state index in [1.165, 1.54) is 0 Å². The average Bonchev–Trinajstić information content (AvgIpc) is 3.22. The summed E-state index contributed by atoms with van der Waals surface area (Å²) in [7, 11) is 1.91. The van der Waals surface area contributed by atoms with Gasteiger partial charge in [-0.3, -0.25) is 4.79 Å². The van der Waals surface area contributed by atoms with Crippen molar-refractivity contribution in [2.75, 3.05) is 30.8 Å². The Morgan fingerprint density at radius 3 is 2.47 bits per heavy atom. The van der Waals surface area contributed by atoms with Crippen molar-refractivity contribution in [3.63, 3.8) is 0 Å². The van der Waals surface area contributed by atoms with E-state index in [-0.39, 0.29) is 5.91 Å². The smallest absolute Gasteiger partial charge is 0.242 e. The Bertz CT molecular complexity index is 426. The lowest BCUT2D eigenvalue weighted by Gasteiger charge is -2.26. The van der Waals surface area contributed by atoms with Crippen LogP contribution in [0.15, 0.2) is 24.3 Å². The minimum absolute atomic E-state index is 0.202. The van der Waals surface area contributed by atoms with Gasteiger partial charge in [-0.25, -0.2) is 0 Å². The van der Waals surface area contributed by atoms with E-state index in [9.17, 15) is 4.79 Å². The van der Waals surface area contributed by atoms with E-state index in [1.54, 1.807) is 0 Å².